The highest BCUT2D eigenvalue weighted by atomic mass is 16.4. The molecule has 1 aliphatic heterocycles. The monoisotopic (exact) mass is 416 g/mol. The summed E-state index contributed by atoms with van der Waals surface area (Å²) >= 11 is 0. The van der Waals surface area contributed by atoms with Gasteiger partial charge in [-0.3, -0.25) is 9.79 Å². The first-order valence-corrected chi connectivity index (χ1v) is 10.9. The van der Waals surface area contributed by atoms with Crippen LogP contribution in [0.15, 0.2) is 70.1 Å². The molecule has 3 aliphatic rings. The highest BCUT2D eigenvalue weighted by molar-refractivity contribution is 5.93. The second-order valence-corrected chi connectivity index (χ2v) is 7.83. The van der Waals surface area contributed by atoms with Crippen LogP contribution in [0.4, 0.5) is 5.69 Å². The minimum absolute atomic E-state index is 0.648. The molecular weight excluding hydrogens is 388 g/mol. The van der Waals surface area contributed by atoms with Gasteiger partial charge in [0.2, 0.25) is 0 Å². The van der Waals surface area contributed by atoms with Gasteiger partial charge in [0.1, 0.15) is 11.3 Å². The maximum absolute atomic E-state index is 12.3. The largest absolute Gasteiger partial charge is 0.481 e. The summed E-state index contributed by atoms with van der Waals surface area (Å²) in [5.41, 5.74) is 2.93. The van der Waals surface area contributed by atoms with E-state index >= 15 is 0 Å². The van der Waals surface area contributed by atoms with E-state index in [1.54, 1.807) is 6.08 Å². The number of hydrogen-bond donors (Lipinski definition) is 2. The van der Waals surface area contributed by atoms with E-state index in [0.717, 1.165) is 39.7 Å². The van der Waals surface area contributed by atoms with Gasteiger partial charge in [-0.1, -0.05) is 31.2 Å². The Bertz CT molecular complexity index is 1220. The average Bonchev–Trinajstić information content (AvgIpc) is 2.77. The van der Waals surface area contributed by atoms with Crippen molar-refractivity contribution in [3.05, 3.63) is 71.6 Å². The molecule has 0 saturated heterocycles. The third kappa shape index (κ3) is 3.54. The zero-order chi connectivity index (χ0) is 22.0. The third-order valence-electron chi connectivity index (χ3n) is 6.11. The van der Waals surface area contributed by atoms with Crippen molar-refractivity contribution in [1.29, 1.82) is 0 Å². The summed E-state index contributed by atoms with van der Waals surface area (Å²) in [6.07, 6.45) is 8.27. The van der Waals surface area contributed by atoms with E-state index in [-0.39, 0.29) is 0 Å². The molecule has 5 nitrogen and oxygen atoms in total. The zero-order valence-electron chi connectivity index (χ0n) is 18.2. The van der Waals surface area contributed by atoms with Gasteiger partial charge in [0.05, 0.1) is 11.3 Å². The molecule has 4 rings (SSSR count). The summed E-state index contributed by atoms with van der Waals surface area (Å²) in [4.78, 5) is 16.8. The Labute approximate surface area is 182 Å². The molecule has 31 heavy (non-hydrogen) atoms. The summed E-state index contributed by atoms with van der Waals surface area (Å²) in [6, 6.07) is 12.0. The fourth-order valence-electron chi connectivity index (χ4n) is 4.71. The molecule has 1 aromatic carbocycles. The Kier molecular flexibility index (Phi) is 5.68. The molecule has 0 aromatic heterocycles. The average molecular weight is 417 g/mol. The molecule has 160 valence electrons. The normalized spacial score (nSPS) is 21.1. The molecular formula is C26H28N2O3. The van der Waals surface area contributed by atoms with Gasteiger partial charge in [0.25, 0.3) is 0 Å². The van der Waals surface area contributed by atoms with Gasteiger partial charge in [0, 0.05) is 47.3 Å². The Morgan fingerprint density at radius 1 is 1.16 bits per heavy atom. The summed E-state index contributed by atoms with van der Waals surface area (Å²) in [7, 11) is 0. The minimum atomic E-state index is -0.827. The van der Waals surface area contributed by atoms with Crippen LogP contribution in [0.5, 0.6) is 0 Å². The maximum atomic E-state index is 12.3. The van der Waals surface area contributed by atoms with Crippen LogP contribution >= 0.6 is 0 Å². The molecule has 1 aromatic rings. The molecule has 1 heterocycles. The summed E-state index contributed by atoms with van der Waals surface area (Å²) in [5, 5.41) is 15.2. The topological polar surface area (TPSA) is 74.8 Å². The fourth-order valence-corrected chi connectivity index (χ4v) is 4.71. The number of nitrogens with zero attached hydrogens (tertiary/aromatic N) is 1. The van der Waals surface area contributed by atoms with Crippen molar-refractivity contribution in [3.63, 3.8) is 0 Å². The molecule has 5 heteroatoms. The SMILES string of the molecule is CC/N=c1/ccc2c(C3(CC)C=CC=CC3C(=O)O)c3ccc(NCC)cc3oc-2c1. The number of carboxylic acids is 1. The van der Waals surface area contributed by atoms with Crippen molar-refractivity contribution in [2.45, 2.75) is 32.6 Å². The molecule has 2 aliphatic carbocycles. The van der Waals surface area contributed by atoms with Gasteiger partial charge in [-0.05, 0) is 50.1 Å². The van der Waals surface area contributed by atoms with Crippen LogP contribution < -0.4 is 10.7 Å². The van der Waals surface area contributed by atoms with Gasteiger partial charge in [-0.2, -0.15) is 0 Å². The number of anilines is 1. The van der Waals surface area contributed by atoms with Gasteiger partial charge in [0.15, 0.2) is 0 Å². The quantitative estimate of drug-likeness (QED) is 0.530. The number of carboxylic acid groups (broad SMARTS) is 1. The lowest BCUT2D eigenvalue weighted by atomic mass is 9.64. The Hall–Kier alpha value is -3.34. The van der Waals surface area contributed by atoms with Crippen LogP contribution in [0.3, 0.4) is 0 Å². The van der Waals surface area contributed by atoms with Crippen LogP contribution in [0.1, 0.15) is 32.8 Å². The number of nitrogens with one attached hydrogen (secondary N) is 1. The Morgan fingerprint density at radius 2 is 2.00 bits per heavy atom. The van der Waals surface area contributed by atoms with Crippen molar-refractivity contribution in [2.75, 3.05) is 18.4 Å². The summed E-state index contributed by atoms with van der Waals surface area (Å²) in [6.45, 7) is 7.59. The smallest absolute Gasteiger partial charge is 0.311 e. The molecule has 0 bridgehead atoms. The molecule has 0 spiro atoms. The van der Waals surface area contributed by atoms with Gasteiger partial charge >= 0.3 is 5.97 Å². The standard InChI is InChI=1S/C26H28N2O3/c1-4-26(14-8-7-9-21(26)25(29)30)24-19-12-10-17(27-5-2)15-22(19)31-23-16-18(28-6-3)11-13-20(23)24/h7-16,21,27H,4-6H2,1-3H3,(H,29,30)/b28-18-. The number of allylic oxidation sites excluding steroid dienone is 3. The van der Waals surface area contributed by atoms with Crippen molar-refractivity contribution >= 4 is 22.6 Å². The predicted molar refractivity (Wildman–Crippen MR) is 124 cm³/mol. The number of carbonyl (C=O) groups is 1. The second kappa shape index (κ2) is 8.42. The van der Waals surface area contributed by atoms with Gasteiger partial charge in [-0.25, -0.2) is 0 Å². The predicted octanol–water partition coefficient (Wildman–Crippen LogP) is 5.36. The molecule has 2 atom stereocenters. The Morgan fingerprint density at radius 3 is 2.71 bits per heavy atom. The number of rotatable bonds is 6. The molecule has 0 saturated carbocycles. The fraction of sp³-hybridized carbons (Fsp3) is 0.308. The van der Waals surface area contributed by atoms with Crippen LogP contribution in [0.2, 0.25) is 0 Å². The van der Waals surface area contributed by atoms with Crippen molar-refractivity contribution in [1.82, 2.24) is 0 Å². The number of aliphatic carboxylic acids is 1. The number of fused-ring (bicyclic) bond motifs is 2. The molecule has 0 fully saturated rings. The summed E-state index contributed by atoms with van der Waals surface area (Å²) in [5.74, 6) is -0.776. The van der Waals surface area contributed by atoms with Crippen molar-refractivity contribution in [3.8, 4) is 11.3 Å². The molecule has 0 amide bonds. The van der Waals surface area contributed by atoms with Crippen LogP contribution in [-0.2, 0) is 10.2 Å². The molecule has 2 N–H and O–H groups in total. The molecule has 0 radical (unpaired) electrons. The lowest BCUT2D eigenvalue weighted by molar-refractivity contribution is -0.141. The van der Waals surface area contributed by atoms with E-state index in [0.29, 0.717) is 18.7 Å². The first-order valence-electron chi connectivity index (χ1n) is 10.9. The highest BCUT2D eigenvalue weighted by Crippen LogP contribution is 2.48. The van der Waals surface area contributed by atoms with Crippen LogP contribution in [0.25, 0.3) is 22.3 Å². The highest BCUT2D eigenvalue weighted by Gasteiger charge is 2.44. The van der Waals surface area contributed by atoms with E-state index < -0.39 is 17.3 Å². The lowest BCUT2D eigenvalue weighted by Gasteiger charge is -2.38. The minimum Gasteiger partial charge on any atom is -0.481 e. The van der Waals surface area contributed by atoms with E-state index in [1.165, 1.54) is 0 Å². The third-order valence-corrected chi connectivity index (χ3v) is 6.11. The van der Waals surface area contributed by atoms with E-state index in [9.17, 15) is 9.90 Å². The van der Waals surface area contributed by atoms with Crippen molar-refractivity contribution < 1.29 is 14.3 Å². The van der Waals surface area contributed by atoms with E-state index in [4.69, 9.17) is 4.42 Å². The Balaban J connectivity index is 2.12. The van der Waals surface area contributed by atoms with Gasteiger partial charge < -0.3 is 14.8 Å². The van der Waals surface area contributed by atoms with Crippen molar-refractivity contribution in [2.24, 2.45) is 10.9 Å². The summed E-state index contributed by atoms with van der Waals surface area (Å²) < 4.78 is 6.35. The van der Waals surface area contributed by atoms with E-state index in [2.05, 4.69) is 17.2 Å². The van der Waals surface area contributed by atoms with Crippen LogP contribution in [-0.4, -0.2) is 24.2 Å². The van der Waals surface area contributed by atoms with E-state index in [1.807, 2.05) is 68.5 Å². The first kappa shape index (κ1) is 20.9. The second-order valence-electron chi connectivity index (χ2n) is 7.83. The van der Waals surface area contributed by atoms with Crippen LogP contribution in [0, 0.1) is 5.92 Å². The van der Waals surface area contributed by atoms with Gasteiger partial charge in [-0.15, -0.1) is 0 Å². The first-order chi connectivity index (χ1) is 15.0. The number of hydrogen-bond acceptors (Lipinski definition) is 4. The lowest BCUT2D eigenvalue weighted by Crippen LogP contribution is -2.38. The molecule has 2 unspecified atom stereocenters. The maximum Gasteiger partial charge on any atom is 0.311 e. The zero-order valence-corrected chi connectivity index (χ0v) is 18.2. The number of benzene rings is 2.